The minimum Gasteiger partial charge on any atom is -0.496 e. The zero-order chi connectivity index (χ0) is 14.7. The predicted molar refractivity (Wildman–Crippen MR) is 70.7 cm³/mol. The predicted octanol–water partition coefficient (Wildman–Crippen LogP) is 1.06. The molecule has 2 rings (SSSR count). The van der Waals surface area contributed by atoms with Crippen molar-refractivity contribution in [1.29, 1.82) is 0 Å². The van der Waals surface area contributed by atoms with E-state index in [0.29, 0.717) is 18.8 Å². The van der Waals surface area contributed by atoms with Crippen LogP contribution in [0.1, 0.15) is 16.8 Å². The average molecular weight is 280 g/mol. The first-order valence-electron chi connectivity index (χ1n) is 6.29. The van der Waals surface area contributed by atoms with Crippen LogP contribution in [-0.2, 0) is 0 Å². The van der Waals surface area contributed by atoms with Crippen LogP contribution in [0.15, 0.2) is 18.2 Å². The van der Waals surface area contributed by atoms with E-state index in [-0.39, 0.29) is 29.7 Å². The van der Waals surface area contributed by atoms with Crippen molar-refractivity contribution < 1.29 is 19.6 Å². The second kappa shape index (κ2) is 5.87. The lowest BCUT2D eigenvalue weighted by molar-refractivity contribution is -0.384. The van der Waals surface area contributed by atoms with Crippen LogP contribution < -0.4 is 4.74 Å². The Morgan fingerprint density at radius 3 is 2.90 bits per heavy atom. The van der Waals surface area contributed by atoms with Crippen molar-refractivity contribution in [3.05, 3.63) is 33.9 Å². The molecular weight excluding hydrogens is 264 g/mol. The number of carbonyl (C=O) groups excluding carboxylic acids is 1. The summed E-state index contributed by atoms with van der Waals surface area (Å²) in [6.07, 6.45) is 0.736. The summed E-state index contributed by atoms with van der Waals surface area (Å²) in [5, 5.41) is 19.9. The van der Waals surface area contributed by atoms with E-state index in [0.717, 1.165) is 6.42 Å². The molecule has 1 amide bonds. The number of amides is 1. The molecule has 20 heavy (non-hydrogen) atoms. The highest BCUT2D eigenvalue weighted by atomic mass is 16.6. The van der Waals surface area contributed by atoms with Gasteiger partial charge in [-0.1, -0.05) is 0 Å². The van der Waals surface area contributed by atoms with E-state index in [9.17, 15) is 14.9 Å². The number of aliphatic hydroxyl groups is 1. The molecule has 1 aliphatic rings. The smallest absolute Gasteiger partial charge is 0.270 e. The third-order valence-corrected chi connectivity index (χ3v) is 3.46. The molecule has 1 heterocycles. The largest absolute Gasteiger partial charge is 0.496 e. The third-order valence-electron chi connectivity index (χ3n) is 3.46. The van der Waals surface area contributed by atoms with Crippen LogP contribution >= 0.6 is 0 Å². The number of benzene rings is 1. The second-order valence-electron chi connectivity index (χ2n) is 4.73. The normalized spacial score (nSPS) is 18.1. The summed E-state index contributed by atoms with van der Waals surface area (Å²) in [5.74, 6) is 0.0817. The fourth-order valence-electron chi connectivity index (χ4n) is 2.31. The number of nitrogens with zero attached hydrogens (tertiary/aromatic N) is 2. The number of likely N-dealkylation sites (tertiary alicyclic amines) is 1. The summed E-state index contributed by atoms with van der Waals surface area (Å²) in [7, 11) is 1.42. The van der Waals surface area contributed by atoms with Crippen molar-refractivity contribution in [3.8, 4) is 5.75 Å². The molecule has 0 saturated carbocycles. The van der Waals surface area contributed by atoms with Crippen molar-refractivity contribution in [3.63, 3.8) is 0 Å². The zero-order valence-corrected chi connectivity index (χ0v) is 11.1. The number of non-ortho nitro benzene ring substituents is 1. The highest BCUT2D eigenvalue weighted by molar-refractivity contribution is 5.97. The van der Waals surface area contributed by atoms with Crippen molar-refractivity contribution >= 4 is 11.6 Å². The van der Waals surface area contributed by atoms with Gasteiger partial charge in [-0.2, -0.15) is 0 Å². The number of hydrogen-bond donors (Lipinski definition) is 1. The molecule has 1 saturated heterocycles. The molecule has 0 radical (unpaired) electrons. The van der Waals surface area contributed by atoms with E-state index in [4.69, 9.17) is 9.84 Å². The van der Waals surface area contributed by atoms with Gasteiger partial charge < -0.3 is 14.7 Å². The molecule has 1 N–H and O–H groups in total. The van der Waals surface area contributed by atoms with Crippen LogP contribution in [0, 0.1) is 16.0 Å². The van der Waals surface area contributed by atoms with Crippen molar-refractivity contribution in [2.45, 2.75) is 6.42 Å². The molecule has 0 spiro atoms. The Balaban J connectivity index is 2.28. The fourth-order valence-corrected chi connectivity index (χ4v) is 2.31. The Morgan fingerprint density at radius 1 is 1.60 bits per heavy atom. The zero-order valence-electron chi connectivity index (χ0n) is 11.1. The molecule has 1 unspecified atom stereocenters. The van der Waals surface area contributed by atoms with Gasteiger partial charge in [0.15, 0.2) is 0 Å². The maximum Gasteiger partial charge on any atom is 0.270 e. The highest BCUT2D eigenvalue weighted by Crippen LogP contribution is 2.27. The van der Waals surface area contributed by atoms with E-state index in [1.807, 2.05) is 0 Å². The van der Waals surface area contributed by atoms with Crippen LogP contribution in [0.5, 0.6) is 5.75 Å². The molecule has 1 aromatic carbocycles. The molecule has 0 bridgehead atoms. The third kappa shape index (κ3) is 2.72. The monoisotopic (exact) mass is 280 g/mol. The Labute approximate surface area is 115 Å². The Bertz CT molecular complexity index is 531. The van der Waals surface area contributed by atoms with Gasteiger partial charge in [0.1, 0.15) is 5.75 Å². The SMILES string of the molecule is COc1ccc([N+](=O)[O-])cc1C(=O)N1CCC(CO)C1. The van der Waals surface area contributed by atoms with Gasteiger partial charge in [-0.05, 0) is 12.5 Å². The summed E-state index contributed by atoms with van der Waals surface area (Å²) >= 11 is 0. The quantitative estimate of drug-likeness (QED) is 0.657. The molecule has 0 aromatic heterocycles. The average Bonchev–Trinajstić information content (AvgIpc) is 2.94. The van der Waals surface area contributed by atoms with E-state index < -0.39 is 4.92 Å². The molecule has 108 valence electrons. The van der Waals surface area contributed by atoms with Crippen LogP contribution in [0.2, 0.25) is 0 Å². The van der Waals surface area contributed by atoms with E-state index in [1.165, 1.54) is 25.3 Å². The van der Waals surface area contributed by atoms with Crippen LogP contribution in [0.3, 0.4) is 0 Å². The van der Waals surface area contributed by atoms with Gasteiger partial charge >= 0.3 is 0 Å². The van der Waals surface area contributed by atoms with Gasteiger partial charge in [0.2, 0.25) is 0 Å². The number of methoxy groups -OCH3 is 1. The Morgan fingerprint density at radius 2 is 2.35 bits per heavy atom. The second-order valence-corrected chi connectivity index (χ2v) is 4.73. The van der Waals surface area contributed by atoms with Crippen LogP contribution in [0.4, 0.5) is 5.69 Å². The lowest BCUT2D eigenvalue weighted by Crippen LogP contribution is -2.29. The molecule has 0 aliphatic carbocycles. The minimum atomic E-state index is -0.545. The molecule has 1 aromatic rings. The first-order valence-corrected chi connectivity index (χ1v) is 6.29. The molecule has 1 fully saturated rings. The number of hydrogen-bond acceptors (Lipinski definition) is 5. The maximum atomic E-state index is 12.4. The van der Waals surface area contributed by atoms with Gasteiger partial charge in [-0.25, -0.2) is 0 Å². The van der Waals surface area contributed by atoms with E-state index in [1.54, 1.807) is 4.90 Å². The van der Waals surface area contributed by atoms with Crippen molar-refractivity contribution in [2.75, 3.05) is 26.8 Å². The molecular formula is C13H16N2O5. The summed E-state index contributed by atoms with van der Waals surface area (Å²) < 4.78 is 5.09. The first kappa shape index (κ1) is 14.3. The van der Waals surface area contributed by atoms with Gasteiger partial charge in [0.05, 0.1) is 17.6 Å². The molecule has 7 heteroatoms. The van der Waals surface area contributed by atoms with Crippen molar-refractivity contribution in [2.24, 2.45) is 5.92 Å². The van der Waals surface area contributed by atoms with Gasteiger partial charge in [0, 0.05) is 37.7 Å². The summed E-state index contributed by atoms with van der Waals surface area (Å²) in [6, 6.07) is 3.95. The summed E-state index contributed by atoms with van der Waals surface area (Å²) in [6.45, 7) is 1.03. The molecule has 7 nitrogen and oxygen atoms in total. The van der Waals surface area contributed by atoms with Crippen LogP contribution in [0.25, 0.3) is 0 Å². The molecule has 1 atom stereocenters. The standard InChI is InChI=1S/C13H16N2O5/c1-20-12-3-2-10(15(18)19)6-11(12)13(17)14-5-4-9(7-14)8-16/h2-3,6,9,16H,4-5,7-8H2,1H3. The van der Waals surface area contributed by atoms with E-state index >= 15 is 0 Å². The number of ether oxygens (including phenoxy) is 1. The lowest BCUT2D eigenvalue weighted by Gasteiger charge is -2.17. The summed E-state index contributed by atoms with van der Waals surface area (Å²) in [5.41, 5.74) is 0.0346. The number of carbonyl (C=O) groups is 1. The number of nitro groups is 1. The topological polar surface area (TPSA) is 92.9 Å². The Hall–Kier alpha value is -2.15. The lowest BCUT2D eigenvalue weighted by atomic mass is 10.1. The van der Waals surface area contributed by atoms with Crippen molar-refractivity contribution in [1.82, 2.24) is 4.90 Å². The number of nitro benzene ring substituents is 1. The van der Waals surface area contributed by atoms with Gasteiger partial charge in [-0.3, -0.25) is 14.9 Å². The minimum absolute atomic E-state index is 0.0376. The maximum absolute atomic E-state index is 12.4. The number of rotatable bonds is 4. The summed E-state index contributed by atoms with van der Waals surface area (Å²) in [4.78, 5) is 24.2. The molecule has 1 aliphatic heterocycles. The van der Waals surface area contributed by atoms with Gasteiger partial charge in [0.25, 0.3) is 11.6 Å². The Kier molecular flexibility index (Phi) is 4.19. The highest BCUT2D eigenvalue weighted by Gasteiger charge is 2.29. The first-order chi connectivity index (χ1) is 9.56. The fraction of sp³-hybridized carbons (Fsp3) is 0.462. The van der Waals surface area contributed by atoms with Gasteiger partial charge in [-0.15, -0.1) is 0 Å². The number of aliphatic hydroxyl groups excluding tert-OH is 1. The van der Waals surface area contributed by atoms with Crippen LogP contribution in [-0.4, -0.2) is 47.6 Å². The van der Waals surface area contributed by atoms with E-state index in [2.05, 4.69) is 0 Å².